The molecule has 0 aliphatic heterocycles. The zero-order chi connectivity index (χ0) is 15.1. The molecule has 0 aromatic carbocycles. The van der Waals surface area contributed by atoms with Gasteiger partial charge in [0.1, 0.15) is 6.33 Å². The molecule has 1 unspecified atom stereocenters. The van der Waals surface area contributed by atoms with Crippen molar-refractivity contribution in [3.05, 3.63) is 27.2 Å². The van der Waals surface area contributed by atoms with Crippen molar-refractivity contribution >= 4 is 17.1 Å². The van der Waals surface area contributed by atoms with Crippen molar-refractivity contribution in [1.82, 2.24) is 19.5 Å². The number of nitrogens with zero attached hydrogens (tertiary/aromatic N) is 2. The van der Waals surface area contributed by atoms with Crippen LogP contribution in [0.1, 0.15) is 33.9 Å². The summed E-state index contributed by atoms with van der Waals surface area (Å²) in [6.45, 7) is 6.82. The van der Waals surface area contributed by atoms with Gasteiger partial charge >= 0.3 is 11.7 Å². The average molecular weight is 280 g/mol. The van der Waals surface area contributed by atoms with Gasteiger partial charge in [-0.05, 0) is 27.7 Å². The molecule has 2 heterocycles. The summed E-state index contributed by atoms with van der Waals surface area (Å²) in [6.07, 6.45) is 0.634. The Balaban J connectivity index is 2.42. The Morgan fingerprint density at radius 2 is 2.00 bits per heavy atom. The minimum absolute atomic E-state index is 0.150. The predicted octanol–water partition coefficient (Wildman–Crippen LogP) is 0.521. The molecule has 108 valence electrons. The molecule has 2 aromatic heterocycles. The molecule has 8 heteroatoms. The molecule has 8 nitrogen and oxygen atoms in total. The third-order valence-electron chi connectivity index (χ3n) is 2.75. The van der Waals surface area contributed by atoms with Crippen LogP contribution in [0.3, 0.4) is 0 Å². The van der Waals surface area contributed by atoms with Crippen molar-refractivity contribution in [3.8, 4) is 0 Å². The number of ether oxygens (including phenoxy) is 1. The molecule has 0 bridgehead atoms. The fraction of sp³-hybridized carbons (Fsp3) is 0.500. The number of rotatable bonds is 2. The summed E-state index contributed by atoms with van der Waals surface area (Å²) >= 11 is 0. The molecule has 0 saturated heterocycles. The molecule has 2 aromatic rings. The molecule has 0 radical (unpaired) electrons. The number of nitrogens with one attached hydrogen (secondary N) is 2. The van der Waals surface area contributed by atoms with E-state index < -0.39 is 28.9 Å². The topological polar surface area (TPSA) is 110 Å². The first-order valence-corrected chi connectivity index (χ1v) is 6.10. The van der Waals surface area contributed by atoms with Gasteiger partial charge < -0.3 is 4.74 Å². The van der Waals surface area contributed by atoms with Gasteiger partial charge in [-0.1, -0.05) is 0 Å². The zero-order valence-corrected chi connectivity index (χ0v) is 11.7. The monoisotopic (exact) mass is 280 g/mol. The number of aromatic amines is 2. The summed E-state index contributed by atoms with van der Waals surface area (Å²) in [5.74, 6) is -0.396. The van der Waals surface area contributed by atoms with Crippen LogP contribution in [0, 0.1) is 5.41 Å². The van der Waals surface area contributed by atoms with E-state index in [-0.39, 0.29) is 11.2 Å². The van der Waals surface area contributed by atoms with Crippen molar-refractivity contribution in [1.29, 1.82) is 0 Å². The Hall–Kier alpha value is -2.38. The van der Waals surface area contributed by atoms with Crippen LogP contribution in [0.25, 0.3) is 11.2 Å². The lowest BCUT2D eigenvalue weighted by molar-refractivity contribution is -0.162. The molecular weight excluding hydrogens is 264 g/mol. The number of carbonyl (C=O) groups excluding carboxylic acids is 1. The highest BCUT2D eigenvalue weighted by Gasteiger charge is 2.26. The molecule has 0 fully saturated rings. The predicted molar refractivity (Wildman–Crippen MR) is 71.2 cm³/mol. The van der Waals surface area contributed by atoms with Gasteiger partial charge in [-0.25, -0.2) is 9.78 Å². The largest absolute Gasteiger partial charge is 0.441 e. The highest BCUT2D eigenvalue weighted by Crippen LogP contribution is 2.20. The highest BCUT2D eigenvalue weighted by molar-refractivity contribution is 5.75. The van der Waals surface area contributed by atoms with E-state index in [1.54, 1.807) is 27.7 Å². The highest BCUT2D eigenvalue weighted by atomic mass is 16.6. The second-order valence-electron chi connectivity index (χ2n) is 5.51. The third kappa shape index (κ3) is 2.49. The zero-order valence-electron chi connectivity index (χ0n) is 11.7. The van der Waals surface area contributed by atoms with E-state index in [0.29, 0.717) is 0 Å². The molecule has 0 saturated carbocycles. The Morgan fingerprint density at radius 1 is 1.35 bits per heavy atom. The summed E-state index contributed by atoms with van der Waals surface area (Å²) in [4.78, 5) is 43.2. The number of aromatic nitrogens is 4. The summed E-state index contributed by atoms with van der Waals surface area (Å²) in [6, 6.07) is 0. The Labute approximate surface area is 113 Å². The maximum absolute atomic E-state index is 11.8. The second-order valence-corrected chi connectivity index (χ2v) is 5.51. The smallest absolute Gasteiger partial charge is 0.327 e. The van der Waals surface area contributed by atoms with Gasteiger partial charge in [0.15, 0.2) is 17.4 Å². The van der Waals surface area contributed by atoms with E-state index in [0.717, 1.165) is 0 Å². The minimum atomic E-state index is -0.710. The lowest BCUT2D eigenvalue weighted by Gasteiger charge is -2.21. The average Bonchev–Trinajstić information content (AvgIpc) is 2.71. The van der Waals surface area contributed by atoms with Crippen molar-refractivity contribution in [2.45, 2.75) is 33.9 Å². The van der Waals surface area contributed by atoms with E-state index in [1.165, 1.54) is 10.9 Å². The van der Waals surface area contributed by atoms with Gasteiger partial charge in [0.05, 0.1) is 5.41 Å². The van der Waals surface area contributed by atoms with Gasteiger partial charge in [-0.3, -0.25) is 24.1 Å². The lowest BCUT2D eigenvalue weighted by Crippen LogP contribution is -2.28. The van der Waals surface area contributed by atoms with Crippen LogP contribution in [0.4, 0.5) is 0 Å². The van der Waals surface area contributed by atoms with Gasteiger partial charge in [0.2, 0.25) is 0 Å². The molecule has 0 aliphatic carbocycles. The molecule has 2 rings (SSSR count). The van der Waals surface area contributed by atoms with Crippen LogP contribution < -0.4 is 11.2 Å². The summed E-state index contributed by atoms with van der Waals surface area (Å²) in [5, 5.41) is 0. The van der Waals surface area contributed by atoms with E-state index in [9.17, 15) is 14.4 Å². The SMILES string of the molecule is CC(OC(=O)C(C)(C)C)n1cnc2[nH]c(=O)[nH]c(=O)c21. The van der Waals surface area contributed by atoms with Gasteiger partial charge in [-0.2, -0.15) is 0 Å². The number of imidazole rings is 1. The quantitative estimate of drug-likeness (QED) is 0.779. The standard InChI is InChI=1S/C12H16N4O4/c1-6(20-10(18)12(2,3)4)16-5-13-8-7(16)9(17)15-11(19)14-8/h5-6H,1-4H3,(H2,14,15,17,19). The van der Waals surface area contributed by atoms with Crippen LogP contribution in [-0.2, 0) is 9.53 Å². The normalized spacial score (nSPS) is 13.4. The van der Waals surface area contributed by atoms with Gasteiger partial charge in [0, 0.05) is 0 Å². The number of carbonyl (C=O) groups is 1. The van der Waals surface area contributed by atoms with Gasteiger partial charge in [0.25, 0.3) is 5.56 Å². The van der Waals surface area contributed by atoms with Crippen LogP contribution in [0.2, 0.25) is 0 Å². The van der Waals surface area contributed by atoms with Crippen LogP contribution in [0.15, 0.2) is 15.9 Å². The van der Waals surface area contributed by atoms with Crippen LogP contribution >= 0.6 is 0 Å². The van der Waals surface area contributed by atoms with Gasteiger partial charge in [-0.15, -0.1) is 0 Å². The van der Waals surface area contributed by atoms with Crippen molar-refractivity contribution in [2.24, 2.45) is 5.41 Å². The Bertz CT molecular complexity index is 762. The summed E-state index contributed by atoms with van der Waals surface area (Å²) in [7, 11) is 0. The summed E-state index contributed by atoms with van der Waals surface area (Å²) < 4.78 is 6.69. The first-order chi connectivity index (χ1) is 9.20. The Kier molecular flexibility index (Phi) is 3.24. The fourth-order valence-electron chi connectivity index (χ4n) is 1.64. The fourth-order valence-corrected chi connectivity index (χ4v) is 1.64. The molecule has 0 amide bonds. The number of hydrogen-bond donors (Lipinski definition) is 2. The van der Waals surface area contributed by atoms with Crippen molar-refractivity contribution in [2.75, 3.05) is 0 Å². The van der Waals surface area contributed by atoms with Crippen molar-refractivity contribution in [3.63, 3.8) is 0 Å². The van der Waals surface area contributed by atoms with E-state index in [2.05, 4.69) is 15.0 Å². The maximum Gasteiger partial charge on any atom is 0.327 e. The molecule has 20 heavy (non-hydrogen) atoms. The minimum Gasteiger partial charge on any atom is -0.441 e. The van der Waals surface area contributed by atoms with Crippen LogP contribution in [-0.4, -0.2) is 25.5 Å². The van der Waals surface area contributed by atoms with Crippen molar-refractivity contribution < 1.29 is 9.53 Å². The molecule has 1 atom stereocenters. The first kappa shape index (κ1) is 14.0. The number of esters is 1. The third-order valence-corrected chi connectivity index (χ3v) is 2.75. The number of fused-ring (bicyclic) bond motifs is 1. The molecular formula is C12H16N4O4. The number of H-pyrrole nitrogens is 2. The summed E-state index contributed by atoms with van der Waals surface area (Å²) in [5.41, 5.74) is -1.56. The molecule has 2 N–H and O–H groups in total. The lowest BCUT2D eigenvalue weighted by atomic mass is 9.97. The maximum atomic E-state index is 11.8. The molecule has 0 spiro atoms. The molecule has 0 aliphatic rings. The van der Waals surface area contributed by atoms with E-state index in [4.69, 9.17) is 4.74 Å². The van der Waals surface area contributed by atoms with E-state index >= 15 is 0 Å². The second kappa shape index (κ2) is 4.62. The van der Waals surface area contributed by atoms with E-state index in [1.807, 2.05) is 0 Å². The first-order valence-electron chi connectivity index (χ1n) is 6.10. The number of hydrogen-bond acceptors (Lipinski definition) is 5. The Morgan fingerprint density at radius 3 is 2.60 bits per heavy atom. The van der Waals surface area contributed by atoms with Crippen LogP contribution in [0.5, 0.6) is 0 Å².